The van der Waals surface area contributed by atoms with E-state index in [1.165, 1.54) is 0 Å². The number of nitrogens with one attached hydrogen (secondary N) is 1. The smallest absolute Gasteiger partial charge is 0.242 e. The molecule has 0 bridgehead atoms. The Balaban J connectivity index is 2.00. The molecule has 2 rings (SSSR count). The molecule has 0 aliphatic heterocycles. The average molecular weight is 429 g/mol. The van der Waals surface area contributed by atoms with Crippen LogP contribution in [-0.2, 0) is 21.9 Å². The number of rotatable bonds is 11. The molecule has 0 aromatic heterocycles. The van der Waals surface area contributed by atoms with Crippen LogP contribution in [-0.4, -0.2) is 42.2 Å². The molecule has 2 aromatic rings. The number of thioether (sulfide) groups is 1. The fourth-order valence-electron chi connectivity index (χ4n) is 2.88. The largest absolute Gasteiger partial charge is 0.497 e. The molecule has 0 aliphatic rings. The molecule has 0 saturated carbocycles. The molecule has 0 radical (unpaired) electrons. The SMILES string of the molecule is COc1ccc(CSCC(=O)N(Cc2ccccc2)[C@H](C)C(=O)NCC(C)C)cc1. The van der Waals surface area contributed by atoms with Crippen LogP contribution in [0.4, 0.5) is 0 Å². The highest BCUT2D eigenvalue weighted by molar-refractivity contribution is 7.99. The van der Waals surface area contributed by atoms with Gasteiger partial charge in [0, 0.05) is 18.8 Å². The number of carbonyl (C=O) groups excluding carboxylic acids is 2. The predicted octanol–water partition coefficient (Wildman–Crippen LogP) is 4.12. The first-order valence-electron chi connectivity index (χ1n) is 10.2. The lowest BCUT2D eigenvalue weighted by molar-refractivity contribution is -0.138. The van der Waals surface area contributed by atoms with Crippen LogP contribution in [0.1, 0.15) is 31.9 Å². The van der Waals surface area contributed by atoms with Crippen molar-refractivity contribution in [3.63, 3.8) is 0 Å². The zero-order valence-corrected chi connectivity index (χ0v) is 19.1. The van der Waals surface area contributed by atoms with Crippen molar-refractivity contribution in [3.05, 3.63) is 65.7 Å². The number of methoxy groups -OCH3 is 1. The summed E-state index contributed by atoms with van der Waals surface area (Å²) in [5.41, 5.74) is 2.14. The van der Waals surface area contributed by atoms with Gasteiger partial charge in [0.1, 0.15) is 11.8 Å². The second-order valence-corrected chi connectivity index (χ2v) is 8.65. The van der Waals surface area contributed by atoms with Crippen molar-refractivity contribution < 1.29 is 14.3 Å². The van der Waals surface area contributed by atoms with E-state index in [9.17, 15) is 9.59 Å². The van der Waals surface area contributed by atoms with Gasteiger partial charge in [0.2, 0.25) is 11.8 Å². The van der Waals surface area contributed by atoms with E-state index in [-0.39, 0.29) is 11.8 Å². The molecule has 0 heterocycles. The zero-order chi connectivity index (χ0) is 21.9. The zero-order valence-electron chi connectivity index (χ0n) is 18.3. The summed E-state index contributed by atoms with van der Waals surface area (Å²) < 4.78 is 5.18. The van der Waals surface area contributed by atoms with Crippen molar-refractivity contribution in [1.82, 2.24) is 10.2 Å². The second-order valence-electron chi connectivity index (χ2n) is 7.66. The van der Waals surface area contributed by atoms with Gasteiger partial charge in [-0.15, -0.1) is 11.8 Å². The molecule has 1 atom stereocenters. The number of benzene rings is 2. The third-order valence-corrected chi connectivity index (χ3v) is 5.69. The Kier molecular flexibility index (Phi) is 9.74. The van der Waals surface area contributed by atoms with E-state index in [0.717, 1.165) is 22.6 Å². The number of hydrogen-bond donors (Lipinski definition) is 1. The summed E-state index contributed by atoms with van der Waals surface area (Å²) in [7, 11) is 1.64. The molecular weight excluding hydrogens is 396 g/mol. The summed E-state index contributed by atoms with van der Waals surface area (Å²) in [6.07, 6.45) is 0. The van der Waals surface area contributed by atoms with E-state index in [0.29, 0.717) is 24.8 Å². The highest BCUT2D eigenvalue weighted by Crippen LogP contribution is 2.18. The van der Waals surface area contributed by atoms with Crippen LogP contribution in [0.2, 0.25) is 0 Å². The summed E-state index contributed by atoms with van der Waals surface area (Å²) in [6, 6.07) is 17.1. The van der Waals surface area contributed by atoms with Gasteiger partial charge in [0.05, 0.1) is 12.9 Å². The summed E-state index contributed by atoms with van der Waals surface area (Å²) in [4.78, 5) is 27.3. The van der Waals surface area contributed by atoms with Gasteiger partial charge < -0.3 is 15.0 Å². The topological polar surface area (TPSA) is 58.6 Å². The second kappa shape index (κ2) is 12.3. The monoisotopic (exact) mass is 428 g/mol. The minimum atomic E-state index is -0.530. The van der Waals surface area contributed by atoms with Crippen LogP contribution in [0.15, 0.2) is 54.6 Å². The van der Waals surface area contributed by atoms with Crippen molar-refractivity contribution >= 4 is 23.6 Å². The van der Waals surface area contributed by atoms with E-state index in [1.807, 2.05) is 68.4 Å². The van der Waals surface area contributed by atoms with E-state index in [4.69, 9.17) is 4.74 Å². The van der Waals surface area contributed by atoms with Crippen molar-refractivity contribution in [2.75, 3.05) is 19.4 Å². The van der Waals surface area contributed by atoms with E-state index >= 15 is 0 Å². The van der Waals surface area contributed by atoms with Crippen molar-refractivity contribution in [3.8, 4) is 5.75 Å². The van der Waals surface area contributed by atoms with E-state index < -0.39 is 6.04 Å². The average Bonchev–Trinajstić information content (AvgIpc) is 2.76. The molecule has 0 unspecified atom stereocenters. The number of ether oxygens (including phenoxy) is 1. The maximum Gasteiger partial charge on any atom is 0.242 e. The molecule has 2 aromatic carbocycles. The summed E-state index contributed by atoms with van der Waals surface area (Å²) in [6.45, 7) is 6.91. The Hall–Kier alpha value is -2.47. The number of hydrogen-bond acceptors (Lipinski definition) is 4. The molecule has 5 nitrogen and oxygen atoms in total. The van der Waals surface area contributed by atoms with Crippen LogP contribution in [0, 0.1) is 5.92 Å². The van der Waals surface area contributed by atoms with Gasteiger partial charge in [0.15, 0.2) is 0 Å². The van der Waals surface area contributed by atoms with Crippen molar-refractivity contribution in [1.29, 1.82) is 0 Å². The van der Waals surface area contributed by atoms with E-state index in [1.54, 1.807) is 30.7 Å². The van der Waals surface area contributed by atoms with Crippen LogP contribution < -0.4 is 10.1 Å². The van der Waals surface area contributed by atoms with Crippen molar-refractivity contribution in [2.24, 2.45) is 5.92 Å². The van der Waals surface area contributed by atoms with Gasteiger partial charge in [-0.05, 0) is 36.1 Å². The first-order chi connectivity index (χ1) is 14.4. The standard InChI is InChI=1S/C24H32N2O3S/c1-18(2)14-25-24(28)19(3)26(15-20-8-6-5-7-9-20)23(27)17-30-16-21-10-12-22(29-4)13-11-21/h5-13,18-19H,14-17H2,1-4H3,(H,25,28)/t19-/m1/s1. The van der Waals surface area contributed by atoms with Gasteiger partial charge in [-0.1, -0.05) is 56.3 Å². The Labute approximate surface area is 184 Å². The van der Waals surface area contributed by atoms with Gasteiger partial charge in [-0.3, -0.25) is 9.59 Å². The van der Waals surface area contributed by atoms with Crippen molar-refractivity contribution in [2.45, 2.75) is 39.1 Å². The number of amides is 2. The summed E-state index contributed by atoms with van der Waals surface area (Å²) >= 11 is 1.55. The highest BCUT2D eigenvalue weighted by Gasteiger charge is 2.26. The number of carbonyl (C=O) groups is 2. The lowest BCUT2D eigenvalue weighted by Gasteiger charge is -2.29. The highest BCUT2D eigenvalue weighted by atomic mass is 32.2. The van der Waals surface area contributed by atoms with Gasteiger partial charge >= 0.3 is 0 Å². The third-order valence-electron chi connectivity index (χ3n) is 4.70. The summed E-state index contributed by atoms with van der Waals surface area (Å²) in [5, 5.41) is 2.94. The Morgan fingerprint density at radius 2 is 1.67 bits per heavy atom. The Morgan fingerprint density at radius 1 is 1.00 bits per heavy atom. The Morgan fingerprint density at radius 3 is 2.27 bits per heavy atom. The fraction of sp³-hybridized carbons (Fsp3) is 0.417. The quantitative estimate of drug-likeness (QED) is 0.585. The predicted molar refractivity (Wildman–Crippen MR) is 123 cm³/mol. The van der Waals surface area contributed by atoms with E-state index in [2.05, 4.69) is 5.32 Å². The lowest BCUT2D eigenvalue weighted by atomic mass is 10.1. The molecule has 0 aliphatic carbocycles. The van der Waals surface area contributed by atoms with Gasteiger partial charge in [-0.2, -0.15) is 0 Å². The molecule has 30 heavy (non-hydrogen) atoms. The minimum absolute atomic E-state index is 0.0374. The third kappa shape index (κ3) is 7.75. The van der Waals surface area contributed by atoms with Crippen LogP contribution in [0.5, 0.6) is 5.75 Å². The van der Waals surface area contributed by atoms with Crippen LogP contribution >= 0.6 is 11.8 Å². The molecule has 1 N–H and O–H groups in total. The fourth-order valence-corrected chi connectivity index (χ4v) is 3.75. The minimum Gasteiger partial charge on any atom is -0.497 e. The lowest BCUT2D eigenvalue weighted by Crippen LogP contribution is -2.48. The van der Waals surface area contributed by atoms with Gasteiger partial charge in [0.25, 0.3) is 0 Å². The molecule has 0 fully saturated rings. The van der Waals surface area contributed by atoms with Crippen LogP contribution in [0.3, 0.4) is 0 Å². The maximum atomic E-state index is 13.0. The normalized spacial score (nSPS) is 11.8. The Bertz CT molecular complexity index is 794. The maximum absolute atomic E-state index is 13.0. The molecule has 6 heteroatoms. The number of nitrogens with zero attached hydrogens (tertiary/aromatic N) is 1. The van der Waals surface area contributed by atoms with Crippen LogP contribution in [0.25, 0.3) is 0 Å². The van der Waals surface area contributed by atoms with Gasteiger partial charge in [-0.25, -0.2) is 0 Å². The first kappa shape index (κ1) is 23.8. The molecular formula is C24H32N2O3S. The molecule has 162 valence electrons. The molecule has 2 amide bonds. The molecule has 0 spiro atoms. The molecule has 0 saturated heterocycles. The summed E-state index contributed by atoms with van der Waals surface area (Å²) in [5.74, 6) is 2.07. The first-order valence-corrected chi connectivity index (χ1v) is 11.4.